The van der Waals surface area contributed by atoms with E-state index in [-0.39, 0.29) is 0 Å². The van der Waals surface area contributed by atoms with Crippen molar-refractivity contribution in [2.24, 2.45) is 0 Å². The molecule has 17 heavy (non-hydrogen) atoms. The van der Waals surface area contributed by atoms with Crippen LogP contribution < -0.4 is 5.73 Å². The Balaban J connectivity index is 2.29. The Morgan fingerprint density at radius 1 is 1.35 bits per heavy atom. The van der Waals surface area contributed by atoms with Crippen LogP contribution in [0.25, 0.3) is 11.4 Å². The zero-order valence-electron chi connectivity index (χ0n) is 10.2. The van der Waals surface area contributed by atoms with Crippen molar-refractivity contribution in [1.29, 1.82) is 0 Å². The molecule has 0 amide bonds. The van der Waals surface area contributed by atoms with Crippen LogP contribution in [-0.2, 0) is 6.42 Å². The van der Waals surface area contributed by atoms with Crippen molar-refractivity contribution in [2.45, 2.75) is 33.2 Å². The molecular formula is C12H15N5. The summed E-state index contributed by atoms with van der Waals surface area (Å²) < 4.78 is 2.22. The van der Waals surface area contributed by atoms with E-state index in [1.54, 1.807) is 6.20 Å². The third-order valence-corrected chi connectivity index (χ3v) is 3.14. The van der Waals surface area contributed by atoms with Crippen molar-refractivity contribution >= 4 is 5.95 Å². The fourth-order valence-electron chi connectivity index (χ4n) is 2.54. The third-order valence-electron chi connectivity index (χ3n) is 3.14. The minimum atomic E-state index is 0.325. The Morgan fingerprint density at radius 3 is 2.82 bits per heavy atom. The van der Waals surface area contributed by atoms with Gasteiger partial charge in [-0.1, -0.05) is 0 Å². The van der Waals surface area contributed by atoms with Gasteiger partial charge in [-0.25, -0.2) is 15.0 Å². The fraction of sp³-hybridized carbons (Fsp3) is 0.417. The first-order valence-corrected chi connectivity index (χ1v) is 5.77. The minimum absolute atomic E-state index is 0.325. The molecular weight excluding hydrogens is 214 g/mol. The second kappa shape index (κ2) is 3.29. The highest BCUT2D eigenvalue weighted by atomic mass is 15.1. The van der Waals surface area contributed by atoms with Gasteiger partial charge in [0.05, 0.1) is 17.1 Å². The molecule has 1 aliphatic carbocycles. The van der Waals surface area contributed by atoms with Crippen molar-refractivity contribution in [3.05, 3.63) is 23.3 Å². The topological polar surface area (TPSA) is 69.6 Å². The van der Waals surface area contributed by atoms with E-state index >= 15 is 0 Å². The second-order valence-corrected chi connectivity index (χ2v) is 4.70. The molecule has 0 spiro atoms. The first-order chi connectivity index (χ1) is 8.08. The lowest BCUT2D eigenvalue weighted by molar-refractivity contribution is 0.587. The monoisotopic (exact) mass is 229 g/mol. The van der Waals surface area contributed by atoms with Crippen molar-refractivity contribution in [2.75, 3.05) is 5.73 Å². The van der Waals surface area contributed by atoms with E-state index in [1.165, 1.54) is 0 Å². The molecule has 5 heteroatoms. The van der Waals surface area contributed by atoms with E-state index < -0.39 is 0 Å². The molecule has 0 radical (unpaired) electrons. The molecule has 3 rings (SSSR count). The van der Waals surface area contributed by atoms with Crippen LogP contribution in [0, 0.1) is 6.92 Å². The highest BCUT2D eigenvalue weighted by Crippen LogP contribution is 2.37. The Hall–Kier alpha value is -1.91. The number of aromatic nitrogens is 4. The molecule has 2 aromatic rings. The van der Waals surface area contributed by atoms with E-state index in [0.717, 1.165) is 34.9 Å². The number of nitrogens with two attached hydrogens (primary N) is 1. The summed E-state index contributed by atoms with van der Waals surface area (Å²) >= 11 is 0. The predicted molar refractivity (Wildman–Crippen MR) is 65.6 cm³/mol. The molecule has 2 heterocycles. The second-order valence-electron chi connectivity index (χ2n) is 4.70. The van der Waals surface area contributed by atoms with Crippen molar-refractivity contribution in [3.8, 4) is 11.4 Å². The Bertz CT molecular complexity index is 597. The van der Waals surface area contributed by atoms with Crippen LogP contribution in [0.2, 0.25) is 0 Å². The Labute approximate surface area is 99.7 Å². The highest BCUT2D eigenvalue weighted by molar-refractivity contribution is 5.70. The SMILES string of the molecule is Cc1nc2c(n1C(C)C)-c1nc(N)ncc1C2. The summed E-state index contributed by atoms with van der Waals surface area (Å²) in [5.41, 5.74) is 9.93. The number of nitrogens with zero attached hydrogens (tertiary/aromatic N) is 4. The average Bonchev–Trinajstić information content (AvgIpc) is 2.72. The number of imidazole rings is 1. The lowest BCUT2D eigenvalue weighted by Crippen LogP contribution is -2.06. The molecule has 1 aliphatic rings. The van der Waals surface area contributed by atoms with Crippen LogP contribution in [0.5, 0.6) is 0 Å². The van der Waals surface area contributed by atoms with Gasteiger partial charge in [-0.2, -0.15) is 0 Å². The molecule has 2 aromatic heterocycles. The molecule has 0 fully saturated rings. The molecule has 0 aromatic carbocycles. The van der Waals surface area contributed by atoms with Gasteiger partial charge in [0.15, 0.2) is 0 Å². The van der Waals surface area contributed by atoms with Gasteiger partial charge in [-0.05, 0) is 20.8 Å². The Kier molecular flexibility index (Phi) is 1.98. The number of rotatable bonds is 1. The quantitative estimate of drug-likeness (QED) is 0.689. The van der Waals surface area contributed by atoms with Crippen LogP contribution in [0.15, 0.2) is 6.20 Å². The summed E-state index contributed by atoms with van der Waals surface area (Å²) in [6.07, 6.45) is 2.62. The number of hydrogen-bond donors (Lipinski definition) is 1. The third kappa shape index (κ3) is 1.35. The summed E-state index contributed by atoms with van der Waals surface area (Å²) in [6.45, 7) is 6.33. The highest BCUT2D eigenvalue weighted by Gasteiger charge is 2.28. The van der Waals surface area contributed by atoms with Crippen LogP contribution >= 0.6 is 0 Å². The Morgan fingerprint density at radius 2 is 2.12 bits per heavy atom. The number of nitrogen functional groups attached to an aromatic ring is 1. The average molecular weight is 229 g/mol. The first-order valence-electron chi connectivity index (χ1n) is 5.77. The van der Waals surface area contributed by atoms with Crippen molar-refractivity contribution in [1.82, 2.24) is 19.5 Å². The molecule has 0 bridgehead atoms. The van der Waals surface area contributed by atoms with Gasteiger partial charge in [-0.3, -0.25) is 0 Å². The van der Waals surface area contributed by atoms with E-state index in [4.69, 9.17) is 5.73 Å². The number of anilines is 1. The molecule has 5 nitrogen and oxygen atoms in total. The fourth-order valence-corrected chi connectivity index (χ4v) is 2.54. The molecule has 0 aliphatic heterocycles. The summed E-state index contributed by atoms with van der Waals surface area (Å²) in [7, 11) is 0. The van der Waals surface area contributed by atoms with Gasteiger partial charge in [0.1, 0.15) is 5.82 Å². The van der Waals surface area contributed by atoms with Gasteiger partial charge >= 0.3 is 0 Å². The summed E-state index contributed by atoms with van der Waals surface area (Å²) in [6, 6.07) is 0.369. The maximum atomic E-state index is 5.67. The normalized spacial score (nSPS) is 12.9. The van der Waals surface area contributed by atoms with Gasteiger partial charge < -0.3 is 10.3 Å². The first kappa shape index (κ1) is 10.3. The van der Waals surface area contributed by atoms with Crippen LogP contribution in [0.1, 0.15) is 37.0 Å². The number of aryl methyl sites for hydroxylation is 1. The van der Waals surface area contributed by atoms with Gasteiger partial charge in [0.25, 0.3) is 0 Å². The summed E-state index contributed by atoms with van der Waals surface area (Å²) in [4.78, 5) is 13.0. The number of fused-ring (bicyclic) bond motifs is 3. The van der Waals surface area contributed by atoms with Gasteiger partial charge in [-0.15, -0.1) is 0 Å². The molecule has 2 N–H and O–H groups in total. The van der Waals surface area contributed by atoms with E-state index in [2.05, 4.69) is 33.4 Å². The van der Waals surface area contributed by atoms with Crippen LogP contribution in [0.4, 0.5) is 5.95 Å². The lowest BCUT2D eigenvalue weighted by Gasteiger charge is -2.13. The summed E-state index contributed by atoms with van der Waals surface area (Å²) in [5, 5.41) is 0. The van der Waals surface area contributed by atoms with E-state index in [0.29, 0.717) is 12.0 Å². The minimum Gasteiger partial charge on any atom is -0.368 e. The molecule has 0 saturated carbocycles. The van der Waals surface area contributed by atoms with Gasteiger partial charge in [0, 0.05) is 24.2 Å². The van der Waals surface area contributed by atoms with Crippen LogP contribution in [-0.4, -0.2) is 19.5 Å². The van der Waals surface area contributed by atoms with E-state index in [1.807, 2.05) is 6.92 Å². The largest absolute Gasteiger partial charge is 0.368 e. The lowest BCUT2D eigenvalue weighted by atomic mass is 10.2. The maximum Gasteiger partial charge on any atom is 0.220 e. The zero-order chi connectivity index (χ0) is 12.2. The molecule has 0 saturated heterocycles. The number of hydrogen-bond acceptors (Lipinski definition) is 4. The van der Waals surface area contributed by atoms with Crippen molar-refractivity contribution in [3.63, 3.8) is 0 Å². The molecule has 0 unspecified atom stereocenters. The maximum absolute atomic E-state index is 5.67. The zero-order valence-corrected chi connectivity index (χ0v) is 10.2. The summed E-state index contributed by atoms with van der Waals surface area (Å²) in [5.74, 6) is 1.36. The molecule has 0 atom stereocenters. The molecule has 88 valence electrons. The predicted octanol–water partition coefficient (Wildman–Crippen LogP) is 1.72. The van der Waals surface area contributed by atoms with Gasteiger partial charge in [0.2, 0.25) is 5.95 Å². The van der Waals surface area contributed by atoms with E-state index in [9.17, 15) is 0 Å². The smallest absolute Gasteiger partial charge is 0.220 e. The van der Waals surface area contributed by atoms with Crippen molar-refractivity contribution < 1.29 is 0 Å². The van der Waals surface area contributed by atoms with Crippen LogP contribution in [0.3, 0.4) is 0 Å². The standard InChI is InChI=1S/C12H15N5/c1-6(2)17-7(3)15-9-4-8-5-14-12(13)16-10(8)11(9)17/h5-6H,4H2,1-3H3,(H2,13,14,16).